The van der Waals surface area contributed by atoms with Crippen molar-refractivity contribution in [3.63, 3.8) is 0 Å². The van der Waals surface area contributed by atoms with Gasteiger partial charge in [0.25, 0.3) is 5.91 Å². The summed E-state index contributed by atoms with van der Waals surface area (Å²) in [6.07, 6.45) is -1.00. The Labute approximate surface area is 102 Å². The van der Waals surface area contributed by atoms with Crippen molar-refractivity contribution in [1.82, 2.24) is 9.03 Å². The lowest BCUT2D eigenvalue weighted by Gasteiger charge is -2.20. The number of hydrogen-bond donors (Lipinski definition) is 2. The average molecular weight is 254 g/mol. The van der Waals surface area contributed by atoms with E-state index < -0.39 is 6.35 Å². The predicted molar refractivity (Wildman–Crippen MR) is 66.1 cm³/mol. The number of carbonyl (C=O) groups is 1. The van der Waals surface area contributed by atoms with Crippen LogP contribution >= 0.6 is 23.9 Å². The highest BCUT2D eigenvalue weighted by atomic mass is 32.2. The quantitative estimate of drug-likeness (QED) is 0.636. The summed E-state index contributed by atoms with van der Waals surface area (Å²) in [6, 6.07) is 8.79. The maximum Gasteiger partial charge on any atom is 0.254 e. The number of nitrogens with zero attached hydrogens (tertiary/aromatic N) is 1. The smallest absolute Gasteiger partial charge is 0.254 e. The monoisotopic (exact) mass is 254 g/mol. The van der Waals surface area contributed by atoms with Gasteiger partial charge in [-0.3, -0.25) is 4.79 Å². The van der Waals surface area contributed by atoms with Crippen molar-refractivity contribution in [2.45, 2.75) is 6.35 Å². The van der Waals surface area contributed by atoms with Gasteiger partial charge in [-0.1, -0.05) is 18.2 Å². The SMILES string of the molecule is O=C(NC(O)N1SC=CS1)c1ccccc1. The first-order valence-corrected chi connectivity index (χ1v) is 6.26. The molecule has 0 fully saturated rings. The van der Waals surface area contributed by atoms with Crippen molar-refractivity contribution in [2.24, 2.45) is 0 Å². The van der Waals surface area contributed by atoms with Gasteiger partial charge in [0.1, 0.15) is 0 Å². The molecule has 6 heteroatoms. The van der Waals surface area contributed by atoms with Crippen molar-refractivity contribution in [1.29, 1.82) is 0 Å². The number of amides is 1. The minimum Gasteiger partial charge on any atom is -0.359 e. The van der Waals surface area contributed by atoms with Crippen LogP contribution in [0.5, 0.6) is 0 Å². The molecule has 1 aliphatic heterocycles. The molecule has 1 atom stereocenters. The summed E-state index contributed by atoms with van der Waals surface area (Å²) in [5.41, 5.74) is 0.531. The Bertz CT molecular complexity index is 389. The van der Waals surface area contributed by atoms with Gasteiger partial charge in [-0.25, -0.2) is 0 Å². The number of rotatable bonds is 3. The van der Waals surface area contributed by atoms with E-state index >= 15 is 0 Å². The number of aliphatic hydroxyl groups is 1. The second-order valence-corrected chi connectivity index (χ2v) is 4.97. The Morgan fingerprint density at radius 3 is 2.50 bits per heavy atom. The minimum atomic E-state index is -1.00. The number of hydrogen-bond acceptors (Lipinski definition) is 5. The van der Waals surface area contributed by atoms with Gasteiger partial charge >= 0.3 is 0 Å². The molecule has 2 N–H and O–H groups in total. The normalized spacial score (nSPS) is 17.3. The molecule has 0 aromatic heterocycles. The number of aliphatic hydroxyl groups excluding tert-OH is 1. The molecule has 1 heterocycles. The fourth-order valence-electron chi connectivity index (χ4n) is 1.15. The van der Waals surface area contributed by atoms with Crippen LogP contribution in [-0.2, 0) is 0 Å². The second-order valence-electron chi connectivity index (χ2n) is 2.98. The molecule has 84 valence electrons. The zero-order valence-corrected chi connectivity index (χ0v) is 9.87. The van der Waals surface area contributed by atoms with E-state index in [1.807, 2.05) is 16.9 Å². The summed E-state index contributed by atoms with van der Waals surface area (Å²) in [7, 11) is 0. The van der Waals surface area contributed by atoms with E-state index in [0.717, 1.165) is 0 Å². The highest BCUT2D eigenvalue weighted by molar-refractivity contribution is 8.17. The summed E-state index contributed by atoms with van der Waals surface area (Å²) >= 11 is 2.68. The highest BCUT2D eigenvalue weighted by Gasteiger charge is 2.20. The van der Waals surface area contributed by atoms with Crippen molar-refractivity contribution in [2.75, 3.05) is 0 Å². The molecule has 2 rings (SSSR count). The number of carbonyl (C=O) groups excluding carboxylic acids is 1. The van der Waals surface area contributed by atoms with Crippen LogP contribution in [0.2, 0.25) is 0 Å². The second kappa shape index (κ2) is 5.40. The molecule has 0 radical (unpaired) electrons. The van der Waals surface area contributed by atoms with Crippen LogP contribution in [0.1, 0.15) is 10.4 Å². The van der Waals surface area contributed by atoms with Crippen molar-refractivity contribution in [3.05, 3.63) is 46.7 Å². The van der Waals surface area contributed by atoms with Gasteiger partial charge < -0.3 is 10.4 Å². The van der Waals surface area contributed by atoms with E-state index in [1.165, 1.54) is 23.9 Å². The van der Waals surface area contributed by atoms with Crippen LogP contribution in [0.25, 0.3) is 0 Å². The van der Waals surface area contributed by atoms with E-state index in [1.54, 1.807) is 28.0 Å². The molecule has 0 spiro atoms. The molecule has 0 aliphatic carbocycles. The zero-order chi connectivity index (χ0) is 11.4. The zero-order valence-electron chi connectivity index (χ0n) is 8.24. The Morgan fingerprint density at radius 2 is 1.88 bits per heavy atom. The topological polar surface area (TPSA) is 52.6 Å². The molecule has 1 unspecified atom stereocenters. The Morgan fingerprint density at radius 1 is 1.25 bits per heavy atom. The predicted octanol–water partition coefficient (Wildman–Crippen LogP) is 1.78. The van der Waals surface area contributed by atoms with Gasteiger partial charge in [0, 0.05) is 5.56 Å². The standard InChI is InChI=1S/C10H10N2O2S2/c13-9(8-4-2-1-3-5-8)11-10(14)12-15-6-7-16-12/h1-7,10,14H,(H,11,13). The molecule has 0 saturated carbocycles. The molecular formula is C10H10N2O2S2. The third-order valence-electron chi connectivity index (χ3n) is 1.88. The Kier molecular flexibility index (Phi) is 3.89. The molecule has 1 aromatic rings. The third-order valence-corrected chi connectivity index (χ3v) is 3.90. The van der Waals surface area contributed by atoms with E-state index in [0.29, 0.717) is 5.56 Å². The summed E-state index contributed by atoms with van der Waals surface area (Å²) < 4.78 is 1.58. The lowest BCUT2D eigenvalue weighted by molar-refractivity contribution is 0.0625. The highest BCUT2D eigenvalue weighted by Crippen LogP contribution is 2.32. The van der Waals surface area contributed by atoms with Gasteiger partial charge in [0.15, 0.2) is 0 Å². The van der Waals surface area contributed by atoms with Gasteiger partial charge in [0.05, 0.1) is 0 Å². The summed E-state index contributed by atoms with van der Waals surface area (Å²) in [5.74, 6) is -0.291. The summed E-state index contributed by atoms with van der Waals surface area (Å²) in [6.45, 7) is 0. The van der Waals surface area contributed by atoms with Crippen molar-refractivity contribution >= 4 is 29.8 Å². The molecule has 1 aromatic carbocycles. The minimum absolute atomic E-state index is 0.291. The van der Waals surface area contributed by atoms with Gasteiger partial charge in [-0.2, -0.15) is 0 Å². The van der Waals surface area contributed by atoms with Crippen LogP contribution < -0.4 is 5.32 Å². The molecular weight excluding hydrogens is 244 g/mol. The maximum atomic E-state index is 11.7. The molecule has 0 bridgehead atoms. The molecule has 0 saturated heterocycles. The number of benzene rings is 1. The first-order chi connectivity index (χ1) is 7.77. The first-order valence-electron chi connectivity index (χ1n) is 4.59. The Hall–Kier alpha value is -0.950. The molecule has 4 nitrogen and oxygen atoms in total. The molecule has 16 heavy (non-hydrogen) atoms. The van der Waals surface area contributed by atoms with Crippen LogP contribution in [-0.4, -0.2) is 21.1 Å². The lowest BCUT2D eigenvalue weighted by atomic mass is 10.2. The van der Waals surface area contributed by atoms with Gasteiger partial charge in [-0.05, 0) is 46.8 Å². The van der Waals surface area contributed by atoms with Gasteiger partial charge in [-0.15, -0.1) is 3.71 Å². The van der Waals surface area contributed by atoms with E-state index in [-0.39, 0.29) is 5.91 Å². The maximum absolute atomic E-state index is 11.7. The average Bonchev–Trinajstić information content (AvgIpc) is 2.83. The summed E-state index contributed by atoms with van der Waals surface area (Å²) in [4.78, 5) is 11.7. The van der Waals surface area contributed by atoms with Crippen molar-refractivity contribution < 1.29 is 9.90 Å². The number of nitrogens with one attached hydrogen (secondary N) is 1. The first kappa shape index (κ1) is 11.5. The largest absolute Gasteiger partial charge is 0.359 e. The fourth-order valence-corrected chi connectivity index (χ4v) is 2.62. The van der Waals surface area contributed by atoms with E-state index in [9.17, 15) is 9.90 Å². The Balaban J connectivity index is 1.92. The molecule has 1 amide bonds. The molecule has 1 aliphatic rings. The van der Waals surface area contributed by atoms with Gasteiger partial charge in [0.2, 0.25) is 6.35 Å². The van der Waals surface area contributed by atoms with Crippen LogP contribution in [0.4, 0.5) is 0 Å². The van der Waals surface area contributed by atoms with Crippen LogP contribution in [0, 0.1) is 0 Å². The summed E-state index contributed by atoms with van der Waals surface area (Å²) in [5, 5.41) is 15.9. The lowest BCUT2D eigenvalue weighted by Crippen LogP contribution is -2.41. The van der Waals surface area contributed by atoms with E-state index in [4.69, 9.17) is 0 Å². The van der Waals surface area contributed by atoms with Crippen LogP contribution in [0.15, 0.2) is 41.1 Å². The van der Waals surface area contributed by atoms with Crippen molar-refractivity contribution in [3.8, 4) is 0 Å². The van der Waals surface area contributed by atoms with E-state index in [2.05, 4.69) is 5.32 Å². The fraction of sp³-hybridized carbons (Fsp3) is 0.100. The van der Waals surface area contributed by atoms with Crippen LogP contribution in [0.3, 0.4) is 0 Å². The third kappa shape index (κ3) is 2.79.